The predicted molar refractivity (Wildman–Crippen MR) is 112 cm³/mol. The van der Waals surface area contributed by atoms with Crippen LogP contribution in [0.3, 0.4) is 0 Å². The summed E-state index contributed by atoms with van der Waals surface area (Å²) in [4.78, 5) is 7.41. The molecule has 1 saturated heterocycles. The lowest BCUT2D eigenvalue weighted by Gasteiger charge is -2.31. The number of nitrogens with zero attached hydrogens (tertiary/aromatic N) is 5. The van der Waals surface area contributed by atoms with Crippen molar-refractivity contribution in [1.82, 2.24) is 24.2 Å². The van der Waals surface area contributed by atoms with Crippen LogP contribution in [-0.4, -0.2) is 37.3 Å². The molecule has 5 rings (SSSR count). The number of piperidine rings is 1. The minimum atomic E-state index is 0.519. The lowest BCUT2D eigenvalue weighted by molar-refractivity contribution is 0.156. The average molecular weight is 400 g/mol. The molecule has 4 heterocycles. The summed E-state index contributed by atoms with van der Waals surface area (Å²) in [5.41, 5.74) is 1.13. The van der Waals surface area contributed by atoms with E-state index < -0.39 is 0 Å². The van der Waals surface area contributed by atoms with Gasteiger partial charge in [0, 0.05) is 25.4 Å². The molecule has 1 aromatic carbocycles. The maximum atomic E-state index is 5.73. The smallest absolute Gasteiger partial charge is 0.199 e. The second-order valence-corrected chi connectivity index (χ2v) is 9.17. The van der Waals surface area contributed by atoms with Crippen molar-refractivity contribution in [2.75, 3.05) is 13.1 Å². The summed E-state index contributed by atoms with van der Waals surface area (Å²) in [5.74, 6) is 1.70. The van der Waals surface area contributed by atoms with Gasteiger partial charge in [-0.25, -0.2) is 9.67 Å². The number of benzene rings is 1. The number of aromatic nitrogens is 4. The Bertz CT molecular complexity index is 968. The normalized spacial score (nSPS) is 21.3. The molecule has 0 N–H and O–H groups in total. The SMILES string of the molecule is S=c1n(CN2CCC[C@H](c3nc4ccccc4s3)C2)nc2n1CCCCC2. The quantitative estimate of drug-likeness (QED) is 0.604. The van der Waals surface area contributed by atoms with Gasteiger partial charge in [-0.05, 0) is 56.6 Å². The van der Waals surface area contributed by atoms with Crippen LogP contribution in [0.1, 0.15) is 48.9 Å². The third kappa shape index (κ3) is 3.48. The summed E-state index contributed by atoms with van der Waals surface area (Å²) in [5, 5.41) is 6.14. The topological polar surface area (TPSA) is 38.9 Å². The maximum Gasteiger partial charge on any atom is 0.199 e. The van der Waals surface area contributed by atoms with Crippen molar-refractivity contribution in [2.45, 2.75) is 57.7 Å². The molecule has 0 spiro atoms. The van der Waals surface area contributed by atoms with E-state index in [9.17, 15) is 0 Å². The lowest BCUT2D eigenvalue weighted by atomic mass is 9.99. The number of aryl methyl sites for hydroxylation is 1. The zero-order chi connectivity index (χ0) is 18.2. The fourth-order valence-electron chi connectivity index (χ4n) is 4.36. The van der Waals surface area contributed by atoms with Crippen LogP contribution in [-0.2, 0) is 19.6 Å². The Morgan fingerprint density at radius 2 is 2.04 bits per heavy atom. The highest BCUT2D eigenvalue weighted by Gasteiger charge is 2.25. The van der Waals surface area contributed by atoms with E-state index in [4.69, 9.17) is 22.3 Å². The fraction of sp³-hybridized carbons (Fsp3) is 0.550. The first-order valence-electron chi connectivity index (χ1n) is 10.0. The maximum absolute atomic E-state index is 5.73. The number of likely N-dealkylation sites (tertiary alicyclic amines) is 1. The number of fused-ring (bicyclic) bond motifs is 2. The van der Waals surface area contributed by atoms with Gasteiger partial charge in [0.05, 0.1) is 21.9 Å². The van der Waals surface area contributed by atoms with Crippen LogP contribution in [0.25, 0.3) is 10.2 Å². The number of para-hydroxylation sites is 1. The van der Waals surface area contributed by atoms with Gasteiger partial charge >= 0.3 is 0 Å². The summed E-state index contributed by atoms with van der Waals surface area (Å²) in [6.07, 6.45) is 7.23. The molecule has 1 atom stereocenters. The van der Waals surface area contributed by atoms with Crippen molar-refractivity contribution < 1.29 is 0 Å². The summed E-state index contributed by atoms with van der Waals surface area (Å²) in [6, 6.07) is 8.47. The standard InChI is InChI=1S/C20H25N5S2/c26-20-24-12-5-1-2-10-18(24)22-25(20)14-23-11-6-7-15(13-23)19-21-16-8-3-4-9-17(16)27-19/h3-4,8-9,15H,1-2,5-7,10-14H2/t15-/m0/s1. The van der Waals surface area contributed by atoms with Gasteiger partial charge in [-0.3, -0.25) is 4.90 Å². The van der Waals surface area contributed by atoms with Gasteiger partial charge in [-0.2, -0.15) is 5.10 Å². The average Bonchev–Trinajstić information content (AvgIpc) is 3.15. The highest BCUT2D eigenvalue weighted by atomic mass is 32.1. The van der Waals surface area contributed by atoms with Crippen LogP contribution in [0.5, 0.6) is 0 Å². The second kappa shape index (κ2) is 7.45. The number of hydrogen-bond donors (Lipinski definition) is 0. The minimum absolute atomic E-state index is 0.519. The lowest BCUT2D eigenvalue weighted by Crippen LogP contribution is -2.36. The first-order chi connectivity index (χ1) is 13.3. The van der Waals surface area contributed by atoms with Crippen LogP contribution in [0.2, 0.25) is 0 Å². The van der Waals surface area contributed by atoms with Gasteiger partial charge in [0.1, 0.15) is 5.82 Å². The summed E-state index contributed by atoms with van der Waals surface area (Å²) in [7, 11) is 0. The molecule has 5 nitrogen and oxygen atoms in total. The Morgan fingerprint density at radius 1 is 1.11 bits per heavy atom. The Morgan fingerprint density at radius 3 is 2.96 bits per heavy atom. The van der Waals surface area contributed by atoms with E-state index in [1.807, 2.05) is 11.3 Å². The Hall–Kier alpha value is -1.57. The van der Waals surface area contributed by atoms with Gasteiger partial charge in [-0.15, -0.1) is 11.3 Å². The molecule has 0 saturated carbocycles. The monoisotopic (exact) mass is 399 g/mol. The number of hydrogen-bond acceptors (Lipinski definition) is 5. The van der Waals surface area contributed by atoms with Crippen LogP contribution in [0, 0.1) is 4.77 Å². The van der Waals surface area contributed by atoms with E-state index in [0.717, 1.165) is 43.0 Å². The highest BCUT2D eigenvalue weighted by Crippen LogP contribution is 2.33. The van der Waals surface area contributed by atoms with Crippen molar-refractivity contribution >= 4 is 33.8 Å². The van der Waals surface area contributed by atoms with Crippen molar-refractivity contribution in [3.63, 3.8) is 0 Å². The van der Waals surface area contributed by atoms with Crippen LogP contribution >= 0.6 is 23.6 Å². The molecule has 2 aromatic heterocycles. The molecule has 0 radical (unpaired) electrons. The van der Waals surface area contributed by atoms with E-state index >= 15 is 0 Å². The molecule has 3 aromatic rings. The van der Waals surface area contributed by atoms with E-state index in [1.54, 1.807) is 0 Å². The molecule has 142 valence electrons. The molecule has 7 heteroatoms. The van der Waals surface area contributed by atoms with Gasteiger partial charge < -0.3 is 4.57 Å². The molecular formula is C20H25N5S2. The molecule has 2 aliphatic rings. The van der Waals surface area contributed by atoms with E-state index in [1.165, 1.54) is 47.6 Å². The molecule has 0 amide bonds. The Kier molecular flexibility index (Phi) is 4.83. The Balaban J connectivity index is 1.33. The van der Waals surface area contributed by atoms with Gasteiger partial charge in [-0.1, -0.05) is 18.6 Å². The number of rotatable bonds is 3. The largest absolute Gasteiger partial charge is 0.304 e. The molecule has 27 heavy (non-hydrogen) atoms. The van der Waals surface area contributed by atoms with E-state index in [-0.39, 0.29) is 0 Å². The third-order valence-electron chi connectivity index (χ3n) is 5.78. The zero-order valence-electron chi connectivity index (χ0n) is 15.5. The highest BCUT2D eigenvalue weighted by molar-refractivity contribution is 7.71. The fourth-order valence-corrected chi connectivity index (χ4v) is 5.75. The van der Waals surface area contributed by atoms with E-state index in [2.05, 4.69) is 38.4 Å². The molecule has 0 aliphatic carbocycles. The summed E-state index contributed by atoms with van der Waals surface area (Å²) in [6.45, 7) is 4.00. The van der Waals surface area contributed by atoms with E-state index in [0.29, 0.717) is 5.92 Å². The van der Waals surface area contributed by atoms with Gasteiger partial charge in [0.25, 0.3) is 0 Å². The predicted octanol–water partition coefficient (Wildman–Crippen LogP) is 4.59. The third-order valence-corrected chi connectivity index (χ3v) is 7.41. The van der Waals surface area contributed by atoms with Crippen LogP contribution < -0.4 is 0 Å². The molecule has 0 bridgehead atoms. The van der Waals surface area contributed by atoms with Crippen LogP contribution in [0.4, 0.5) is 0 Å². The second-order valence-electron chi connectivity index (χ2n) is 7.74. The van der Waals surface area contributed by atoms with Crippen LogP contribution in [0.15, 0.2) is 24.3 Å². The number of thiazole rings is 1. The van der Waals surface area contributed by atoms with Crippen molar-refractivity contribution in [2.24, 2.45) is 0 Å². The molecule has 1 fully saturated rings. The molecule has 0 unspecified atom stereocenters. The summed E-state index contributed by atoms with van der Waals surface area (Å²) >= 11 is 7.59. The van der Waals surface area contributed by atoms with Crippen molar-refractivity contribution in [3.8, 4) is 0 Å². The Labute approximate surface area is 168 Å². The van der Waals surface area contributed by atoms with Gasteiger partial charge in [0.15, 0.2) is 4.77 Å². The first kappa shape index (κ1) is 17.5. The zero-order valence-corrected chi connectivity index (χ0v) is 17.1. The molecular weight excluding hydrogens is 374 g/mol. The van der Waals surface area contributed by atoms with Crippen molar-refractivity contribution in [3.05, 3.63) is 39.9 Å². The molecule has 2 aliphatic heterocycles. The minimum Gasteiger partial charge on any atom is -0.304 e. The first-order valence-corrected chi connectivity index (χ1v) is 11.2. The van der Waals surface area contributed by atoms with Crippen molar-refractivity contribution in [1.29, 1.82) is 0 Å². The van der Waals surface area contributed by atoms with Gasteiger partial charge in [0.2, 0.25) is 0 Å². The summed E-state index contributed by atoms with van der Waals surface area (Å²) < 4.78 is 6.51.